The van der Waals surface area contributed by atoms with E-state index in [4.69, 9.17) is 4.42 Å². The zero-order valence-corrected chi connectivity index (χ0v) is 17.4. The Balaban J connectivity index is 1.49. The highest BCUT2D eigenvalue weighted by atomic mass is 16.3. The molecule has 1 aliphatic heterocycles. The summed E-state index contributed by atoms with van der Waals surface area (Å²) in [5.41, 5.74) is 2.39. The Morgan fingerprint density at radius 2 is 1.71 bits per heavy atom. The zero-order chi connectivity index (χ0) is 21.5. The van der Waals surface area contributed by atoms with E-state index in [-0.39, 0.29) is 24.2 Å². The van der Waals surface area contributed by atoms with E-state index in [1.807, 2.05) is 42.5 Å². The van der Waals surface area contributed by atoms with E-state index in [0.717, 1.165) is 0 Å². The summed E-state index contributed by atoms with van der Waals surface area (Å²) in [4.78, 5) is 27.4. The number of furan rings is 1. The van der Waals surface area contributed by atoms with Crippen molar-refractivity contribution in [2.75, 3.05) is 19.6 Å². The van der Waals surface area contributed by atoms with Gasteiger partial charge in [0.15, 0.2) is 0 Å². The third kappa shape index (κ3) is 5.41. The van der Waals surface area contributed by atoms with E-state index in [1.165, 1.54) is 11.1 Å². The minimum absolute atomic E-state index is 0.0979. The van der Waals surface area contributed by atoms with Crippen LogP contribution < -0.4 is 10.6 Å². The van der Waals surface area contributed by atoms with Crippen LogP contribution in [0.3, 0.4) is 0 Å². The van der Waals surface area contributed by atoms with Crippen LogP contribution in [0.2, 0.25) is 0 Å². The molecule has 4 rings (SSSR count). The molecule has 0 spiro atoms. The molecule has 0 aliphatic carbocycles. The number of hydrogen-bond donors (Lipinski definition) is 2. The Morgan fingerprint density at radius 1 is 1.03 bits per heavy atom. The monoisotopic (exact) mass is 417 g/mol. The number of nitrogens with zero attached hydrogens (tertiary/aromatic N) is 1. The summed E-state index contributed by atoms with van der Waals surface area (Å²) in [5.74, 6) is 0.534. The fraction of sp³-hybridized carbons (Fsp3) is 0.280. The topological polar surface area (TPSA) is 74.6 Å². The highest BCUT2D eigenvalue weighted by molar-refractivity contribution is 5.88. The first-order valence-electron chi connectivity index (χ1n) is 10.6. The molecule has 1 aromatic heterocycles. The number of piperazine rings is 1. The first kappa shape index (κ1) is 20.9. The summed E-state index contributed by atoms with van der Waals surface area (Å²) in [6.07, 6.45) is 1.69. The molecule has 2 heterocycles. The van der Waals surface area contributed by atoms with E-state index in [0.29, 0.717) is 31.9 Å². The van der Waals surface area contributed by atoms with Crippen LogP contribution in [0.5, 0.6) is 0 Å². The summed E-state index contributed by atoms with van der Waals surface area (Å²) in [6.45, 7) is 2.27. The fourth-order valence-electron chi connectivity index (χ4n) is 4.06. The van der Waals surface area contributed by atoms with Crippen LogP contribution in [-0.2, 0) is 16.1 Å². The van der Waals surface area contributed by atoms with E-state index in [1.54, 1.807) is 12.3 Å². The second-order valence-corrected chi connectivity index (χ2v) is 7.74. The second kappa shape index (κ2) is 10.1. The lowest BCUT2D eigenvalue weighted by molar-refractivity contribution is -0.134. The Morgan fingerprint density at radius 3 is 2.32 bits per heavy atom. The number of carbonyl (C=O) groups excluding carboxylic acids is 2. The largest absolute Gasteiger partial charge is 0.467 e. The first-order valence-corrected chi connectivity index (χ1v) is 10.6. The van der Waals surface area contributed by atoms with Crippen molar-refractivity contribution in [1.29, 1.82) is 0 Å². The van der Waals surface area contributed by atoms with Crippen molar-refractivity contribution >= 4 is 11.8 Å². The molecule has 1 fully saturated rings. The highest BCUT2D eigenvalue weighted by Gasteiger charge is 2.33. The predicted molar refractivity (Wildman–Crippen MR) is 118 cm³/mol. The number of hydrogen-bond acceptors (Lipinski definition) is 4. The highest BCUT2D eigenvalue weighted by Crippen LogP contribution is 2.27. The zero-order valence-electron chi connectivity index (χ0n) is 17.4. The molecule has 1 atom stereocenters. The molecule has 6 heteroatoms. The van der Waals surface area contributed by atoms with Gasteiger partial charge >= 0.3 is 0 Å². The lowest BCUT2D eigenvalue weighted by Crippen LogP contribution is -2.57. The van der Waals surface area contributed by atoms with Gasteiger partial charge in [-0.3, -0.25) is 14.5 Å². The summed E-state index contributed by atoms with van der Waals surface area (Å²) in [6, 6.07) is 23.7. The third-order valence-corrected chi connectivity index (χ3v) is 5.68. The van der Waals surface area contributed by atoms with Crippen LogP contribution >= 0.6 is 0 Å². The Hall–Kier alpha value is -3.38. The van der Waals surface area contributed by atoms with Crippen LogP contribution in [0, 0.1) is 0 Å². The van der Waals surface area contributed by atoms with Gasteiger partial charge in [-0.15, -0.1) is 0 Å². The van der Waals surface area contributed by atoms with Crippen molar-refractivity contribution in [1.82, 2.24) is 15.5 Å². The summed E-state index contributed by atoms with van der Waals surface area (Å²) in [7, 11) is 0. The number of rotatable bonds is 8. The van der Waals surface area contributed by atoms with Gasteiger partial charge in [-0.2, -0.15) is 0 Å². The summed E-state index contributed by atoms with van der Waals surface area (Å²) in [5, 5.41) is 5.76. The molecule has 2 N–H and O–H groups in total. The standard InChI is InChI=1S/C25H27N3O3/c29-24(27-17-21-12-7-15-31-21)16-23-25(30)26-13-14-28(23)18-22(19-8-3-1-4-9-19)20-10-5-2-6-11-20/h1-12,15,22-23H,13-14,16-18H2,(H,26,30)(H,27,29). The molecule has 2 amide bonds. The average molecular weight is 418 g/mol. The molecule has 0 radical (unpaired) electrons. The number of carbonyl (C=O) groups is 2. The summed E-state index contributed by atoms with van der Waals surface area (Å²) < 4.78 is 5.26. The Bertz CT molecular complexity index is 934. The maximum Gasteiger partial charge on any atom is 0.237 e. The van der Waals surface area contributed by atoms with Crippen LogP contribution in [0.25, 0.3) is 0 Å². The van der Waals surface area contributed by atoms with Gasteiger partial charge in [0.25, 0.3) is 0 Å². The van der Waals surface area contributed by atoms with Gasteiger partial charge < -0.3 is 15.1 Å². The molecule has 3 aromatic rings. The average Bonchev–Trinajstić information content (AvgIpc) is 3.33. The molecule has 1 unspecified atom stereocenters. The van der Waals surface area contributed by atoms with Crippen molar-refractivity contribution in [2.24, 2.45) is 0 Å². The SMILES string of the molecule is O=C(CC1C(=O)NCCN1CC(c1ccccc1)c1ccccc1)NCc1ccco1. The predicted octanol–water partition coefficient (Wildman–Crippen LogP) is 2.92. The van der Waals surface area contributed by atoms with Crippen molar-refractivity contribution in [3.63, 3.8) is 0 Å². The number of amides is 2. The second-order valence-electron chi connectivity index (χ2n) is 7.74. The molecule has 1 saturated heterocycles. The quantitative estimate of drug-likeness (QED) is 0.591. The number of benzene rings is 2. The minimum atomic E-state index is -0.500. The molecule has 31 heavy (non-hydrogen) atoms. The van der Waals surface area contributed by atoms with Gasteiger partial charge in [-0.1, -0.05) is 60.7 Å². The number of nitrogens with one attached hydrogen (secondary N) is 2. The van der Waals surface area contributed by atoms with Crippen molar-refractivity contribution < 1.29 is 14.0 Å². The summed E-state index contributed by atoms with van der Waals surface area (Å²) >= 11 is 0. The van der Waals surface area contributed by atoms with Crippen molar-refractivity contribution in [2.45, 2.75) is 24.9 Å². The van der Waals surface area contributed by atoms with Crippen LogP contribution in [-0.4, -0.2) is 42.4 Å². The van der Waals surface area contributed by atoms with E-state index < -0.39 is 6.04 Å². The van der Waals surface area contributed by atoms with E-state index in [2.05, 4.69) is 39.8 Å². The van der Waals surface area contributed by atoms with Gasteiger partial charge in [0.1, 0.15) is 5.76 Å². The van der Waals surface area contributed by atoms with Crippen LogP contribution in [0.4, 0.5) is 0 Å². The van der Waals surface area contributed by atoms with Gasteiger partial charge in [0.2, 0.25) is 11.8 Å². The van der Waals surface area contributed by atoms with E-state index >= 15 is 0 Å². The normalized spacial score (nSPS) is 16.8. The molecular formula is C25H27N3O3. The molecule has 0 bridgehead atoms. The fourth-order valence-corrected chi connectivity index (χ4v) is 4.06. The molecular weight excluding hydrogens is 390 g/mol. The first-order chi connectivity index (χ1) is 15.2. The minimum Gasteiger partial charge on any atom is -0.467 e. The Labute approximate surface area is 182 Å². The molecule has 160 valence electrons. The van der Waals surface area contributed by atoms with Crippen LogP contribution in [0.1, 0.15) is 29.2 Å². The van der Waals surface area contributed by atoms with E-state index in [9.17, 15) is 9.59 Å². The molecule has 0 saturated carbocycles. The molecule has 2 aromatic carbocycles. The lowest BCUT2D eigenvalue weighted by Gasteiger charge is -2.37. The maximum absolute atomic E-state index is 12.7. The Kier molecular flexibility index (Phi) is 6.79. The van der Waals surface area contributed by atoms with Gasteiger partial charge in [-0.25, -0.2) is 0 Å². The smallest absolute Gasteiger partial charge is 0.237 e. The van der Waals surface area contributed by atoms with Gasteiger partial charge in [0, 0.05) is 25.6 Å². The van der Waals surface area contributed by atoms with Crippen molar-refractivity contribution in [3.8, 4) is 0 Å². The lowest BCUT2D eigenvalue weighted by atomic mass is 9.90. The maximum atomic E-state index is 12.7. The van der Waals surface area contributed by atoms with Crippen LogP contribution in [0.15, 0.2) is 83.5 Å². The van der Waals surface area contributed by atoms with Gasteiger partial charge in [0.05, 0.1) is 25.3 Å². The van der Waals surface area contributed by atoms with Crippen molar-refractivity contribution in [3.05, 3.63) is 95.9 Å². The molecule has 6 nitrogen and oxygen atoms in total. The molecule has 1 aliphatic rings. The third-order valence-electron chi connectivity index (χ3n) is 5.68. The van der Waals surface area contributed by atoms with Gasteiger partial charge in [-0.05, 0) is 23.3 Å².